The minimum absolute atomic E-state index is 0.0827. The van der Waals surface area contributed by atoms with Gasteiger partial charge in [0.15, 0.2) is 0 Å². The topological polar surface area (TPSA) is 72.4 Å². The van der Waals surface area contributed by atoms with E-state index in [1.54, 1.807) is 18.2 Å². The van der Waals surface area contributed by atoms with Crippen molar-refractivity contribution in [2.24, 2.45) is 0 Å². The molecule has 0 aliphatic rings. The molecular weight excluding hydrogens is 493 g/mol. The Balaban J connectivity index is 1.34. The van der Waals surface area contributed by atoms with E-state index < -0.39 is 0 Å². The van der Waals surface area contributed by atoms with Gasteiger partial charge in [0.1, 0.15) is 18.1 Å². The number of hydrogen-bond donors (Lipinski definition) is 2. The molecule has 0 spiro atoms. The lowest BCUT2D eigenvalue weighted by Crippen LogP contribution is -2.25. The van der Waals surface area contributed by atoms with Crippen LogP contribution in [-0.4, -0.2) is 23.0 Å². The van der Waals surface area contributed by atoms with Crippen LogP contribution in [0.4, 0.5) is 10.1 Å². The zero-order valence-electron chi connectivity index (χ0n) is 21.3. The minimum Gasteiger partial charge on any atom is -0.367 e. The lowest BCUT2D eigenvalue weighted by atomic mass is 10.2. The summed E-state index contributed by atoms with van der Waals surface area (Å²) in [6.45, 7) is 0.957. The molecule has 0 saturated carbocycles. The van der Waals surface area contributed by atoms with Crippen LogP contribution in [0.15, 0.2) is 109 Å². The standard InChI is InChI=1S/C32H28FN3O3/c33-27-13-7-12-25(16-27)20-36-29-15-14-28(35-31(37)22-39-21-24-10-5-2-6-11-24)17-26(29)18-30(36)32(38)34-19-23-8-3-1-4-9-23/h1-18H,19-22H2,(H,34,38)(H,35,37). The molecule has 5 rings (SSSR count). The summed E-state index contributed by atoms with van der Waals surface area (Å²) in [6, 6.07) is 32.9. The van der Waals surface area contributed by atoms with E-state index in [9.17, 15) is 14.0 Å². The van der Waals surface area contributed by atoms with Crippen LogP contribution in [0, 0.1) is 5.82 Å². The Bertz CT molecular complexity index is 1580. The third kappa shape index (κ3) is 6.77. The lowest BCUT2D eigenvalue weighted by molar-refractivity contribution is -0.121. The average molecular weight is 522 g/mol. The van der Waals surface area contributed by atoms with Crippen LogP contribution in [0.2, 0.25) is 0 Å². The largest absolute Gasteiger partial charge is 0.367 e. The van der Waals surface area contributed by atoms with Crippen molar-refractivity contribution < 1.29 is 18.7 Å². The molecule has 0 aliphatic carbocycles. The highest BCUT2D eigenvalue weighted by Gasteiger charge is 2.17. The molecule has 7 heteroatoms. The summed E-state index contributed by atoms with van der Waals surface area (Å²) >= 11 is 0. The second-order valence-corrected chi connectivity index (χ2v) is 9.21. The van der Waals surface area contributed by atoms with Gasteiger partial charge in [0.05, 0.1) is 6.61 Å². The smallest absolute Gasteiger partial charge is 0.268 e. The predicted molar refractivity (Wildman–Crippen MR) is 150 cm³/mol. The van der Waals surface area contributed by atoms with Crippen molar-refractivity contribution in [3.63, 3.8) is 0 Å². The maximum Gasteiger partial charge on any atom is 0.268 e. The van der Waals surface area contributed by atoms with E-state index in [-0.39, 0.29) is 24.2 Å². The Kier molecular flexibility index (Phi) is 8.09. The number of ether oxygens (including phenoxy) is 1. The highest BCUT2D eigenvalue weighted by Crippen LogP contribution is 2.25. The zero-order valence-corrected chi connectivity index (χ0v) is 21.3. The summed E-state index contributed by atoms with van der Waals surface area (Å²) in [4.78, 5) is 25.7. The van der Waals surface area contributed by atoms with Crippen molar-refractivity contribution in [1.29, 1.82) is 0 Å². The van der Waals surface area contributed by atoms with Gasteiger partial charge in [-0.2, -0.15) is 0 Å². The van der Waals surface area contributed by atoms with Crippen molar-refractivity contribution in [1.82, 2.24) is 9.88 Å². The second kappa shape index (κ2) is 12.2. The van der Waals surface area contributed by atoms with Gasteiger partial charge in [-0.15, -0.1) is 0 Å². The first-order valence-corrected chi connectivity index (χ1v) is 12.7. The van der Waals surface area contributed by atoms with E-state index >= 15 is 0 Å². The van der Waals surface area contributed by atoms with Crippen molar-refractivity contribution >= 4 is 28.4 Å². The summed E-state index contributed by atoms with van der Waals surface area (Å²) < 4.78 is 21.3. The molecule has 0 fully saturated rings. The summed E-state index contributed by atoms with van der Waals surface area (Å²) in [5.74, 6) is -0.852. The van der Waals surface area contributed by atoms with Gasteiger partial charge in [-0.1, -0.05) is 72.8 Å². The molecular formula is C32H28FN3O3. The molecule has 0 unspecified atom stereocenters. The molecule has 6 nitrogen and oxygen atoms in total. The van der Waals surface area contributed by atoms with Crippen LogP contribution in [-0.2, 0) is 29.2 Å². The minimum atomic E-state index is -0.335. The summed E-state index contributed by atoms with van der Waals surface area (Å²) in [6.07, 6.45) is 0. The Morgan fingerprint density at radius 2 is 1.49 bits per heavy atom. The van der Waals surface area contributed by atoms with Gasteiger partial charge in [0, 0.05) is 29.7 Å². The molecule has 5 aromatic rings. The highest BCUT2D eigenvalue weighted by molar-refractivity contribution is 6.00. The molecule has 196 valence electrons. The van der Waals surface area contributed by atoms with Gasteiger partial charge in [0.2, 0.25) is 5.91 Å². The zero-order chi connectivity index (χ0) is 27.0. The second-order valence-electron chi connectivity index (χ2n) is 9.21. The number of anilines is 1. The van der Waals surface area contributed by atoms with E-state index in [1.807, 2.05) is 83.4 Å². The Morgan fingerprint density at radius 1 is 0.769 bits per heavy atom. The van der Waals surface area contributed by atoms with Crippen LogP contribution >= 0.6 is 0 Å². The molecule has 0 saturated heterocycles. The number of amides is 2. The van der Waals surface area contributed by atoms with Gasteiger partial charge < -0.3 is 19.9 Å². The molecule has 1 aromatic heterocycles. The SMILES string of the molecule is O=C(COCc1ccccc1)Nc1ccc2c(c1)cc(C(=O)NCc1ccccc1)n2Cc1cccc(F)c1. The van der Waals surface area contributed by atoms with Crippen molar-refractivity contribution in [3.8, 4) is 0 Å². The molecule has 39 heavy (non-hydrogen) atoms. The van der Waals surface area contributed by atoms with Crippen LogP contribution in [0.3, 0.4) is 0 Å². The van der Waals surface area contributed by atoms with Crippen LogP contribution in [0.5, 0.6) is 0 Å². The summed E-state index contributed by atoms with van der Waals surface area (Å²) in [5, 5.41) is 6.61. The van der Waals surface area contributed by atoms with E-state index in [1.165, 1.54) is 12.1 Å². The highest BCUT2D eigenvalue weighted by atomic mass is 19.1. The Hall–Kier alpha value is -4.75. The van der Waals surface area contributed by atoms with Gasteiger partial charge in [0.25, 0.3) is 5.91 Å². The van der Waals surface area contributed by atoms with Crippen LogP contribution in [0.25, 0.3) is 10.9 Å². The normalized spacial score (nSPS) is 10.9. The maximum atomic E-state index is 13.9. The molecule has 1 heterocycles. The number of halogens is 1. The molecule has 2 amide bonds. The fourth-order valence-corrected chi connectivity index (χ4v) is 4.43. The first-order chi connectivity index (χ1) is 19.0. The number of carbonyl (C=O) groups excluding carboxylic acids is 2. The third-order valence-corrected chi connectivity index (χ3v) is 6.29. The molecule has 2 N–H and O–H groups in total. The molecule has 0 radical (unpaired) electrons. The van der Waals surface area contributed by atoms with Crippen molar-refractivity contribution in [2.75, 3.05) is 11.9 Å². The number of carbonyl (C=O) groups is 2. The summed E-state index contributed by atoms with van der Waals surface area (Å²) in [7, 11) is 0. The van der Waals surface area contributed by atoms with E-state index in [2.05, 4.69) is 10.6 Å². The molecule has 0 atom stereocenters. The molecule has 0 bridgehead atoms. The van der Waals surface area contributed by atoms with Crippen LogP contribution < -0.4 is 10.6 Å². The number of nitrogens with zero attached hydrogens (tertiary/aromatic N) is 1. The first-order valence-electron chi connectivity index (χ1n) is 12.7. The van der Waals surface area contributed by atoms with E-state index in [4.69, 9.17) is 4.74 Å². The van der Waals surface area contributed by atoms with Crippen LogP contribution in [0.1, 0.15) is 27.2 Å². The quantitative estimate of drug-likeness (QED) is 0.240. The van der Waals surface area contributed by atoms with Gasteiger partial charge in [-0.05, 0) is 53.1 Å². The predicted octanol–water partition coefficient (Wildman–Crippen LogP) is 5.91. The molecule has 0 aliphatic heterocycles. The van der Waals surface area contributed by atoms with Crippen molar-refractivity contribution in [2.45, 2.75) is 19.7 Å². The summed E-state index contributed by atoms with van der Waals surface area (Å²) in [5.41, 5.74) is 4.54. The Labute approximate surface area is 226 Å². The van der Waals surface area contributed by atoms with Gasteiger partial charge in [-0.25, -0.2) is 4.39 Å². The maximum absolute atomic E-state index is 13.9. The fraction of sp³-hybridized carbons (Fsp3) is 0.125. The number of hydrogen-bond acceptors (Lipinski definition) is 3. The lowest BCUT2D eigenvalue weighted by Gasteiger charge is -2.12. The van der Waals surface area contributed by atoms with E-state index in [0.717, 1.165) is 27.6 Å². The number of rotatable bonds is 10. The van der Waals surface area contributed by atoms with Crippen molar-refractivity contribution in [3.05, 3.63) is 137 Å². The monoisotopic (exact) mass is 521 g/mol. The van der Waals surface area contributed by atoms with E-state index in [0.29, 0.717) is 31.1 Å². The number of fused-ring (bicyclic) bond motifs is 1. The fourth-order valence-electron chi connectivity index (χ4n) is 4.43. The third-order valence-electron chi connectivity index (χ3n) is 6.29. The number of aromatic nitrogens is 1. The first kappa shape index (κ1) is 25.9. The molecule has 4 aromatic carbocycles. The average Bonchev–Trinajstić information content (AvgIpc) is 3.30. The number of nitrogens with one attached hydrogen (secondary N) is 2. The number of benzene rings is 4. The van der Waals surface area contributed by atoms with Gasteiger partial charge >= 0.3 is 0 Å². The Morgan fingerprint density at radius 3 is 2.23 bits per heavy atom. The van der Waals surface area contributed by atoms with Gasteiger partial charge in [-0.3, -0.25) is 9.59 Å².